The molecule has 1 aliphatic rings. The lowest BCUT2D eigenvalue weighted by molar-refractivity contribution is 0.948. The third-order valence-corrected chi connectivity index (χ3v) is 10.0. The minimum Gasteiger partial charge on any atom is -0.355 e. The topological polar surface area (TPSA) is 24.3 Å². The monoisotopic (exact) mass is 639 g/mol. The maximum Gasteiger partial charge on any atom is 0.138 e. The van der Waals surface area contributed by atoms with Crippen LogP contribution in [-0.2, 0) is 0 Å². The number of fused-ring (bicyclic) bond motifs is 4. The molecule has 3 heterocycles. The van der Waals surface area contributed by atoms with Gasteiger partial charge in [-0.25, -0.2) is 4.98 Å². The lowest BCUT2D eigenvalue weighted by atomic mass is 9.95. The number of nitrogens with zero attached hydrogens (tertiary/aromatic N) is 4. The SMILES string of the molecule is [2H]C([2H])([2H])N1CN(c2cccc(Sc3ccc4c5ccccc5n(-c5cc(-c6ccccc6-c6ccccc6)ccn5)c4c3)c2)c2ccccc21. The highest BCUT2D eigenvalue weighted by Gasteiger charge is 2.24. The Bertz CT molecular complexity index is 2560. The Labute approximate surface area is 288 Å². The number of benzene rings is 6. The minimum atomic E-state index is -2.23. The van der Waals surface area contributed by atoms with E-state index in [4.69, 9.17) is 9.10 Å². The Morgan fingerprint density at radius 1 is 0.583 bits per heavy atom. The van der Waals surface area contributed by atoms with E-state index in [9.17, 15) is 0 Å². The van der Waals surface area contributed by atoms with E-state index in [0.29, 0.717) is 0 Å². The van der Waals surface area contributed by atoms with Crippen molar-refractivity contribution in [2.45, 2.75) is 9.79 Å². The molecule has 0 bridgehead atoms. The number of para-hydroxylation sites is 3. The van der Waals surface area contributed by atoms with Gasteiger partial charge in [-0.3, -0.25) is 4.57 Å². The van der Waals surface area contributed by atoms with Crippen molar-refractivity contribution in [3.63, 3.8) is 0 Å². The summed E-state index contributed by atoms with van der Waals surface area (Å²) < 4.78 is 26.6. The van der Waals surface area contributed by atoms with Crippen LogP contribution in [0.3, 0.4) is 0 Å². The fourth-order valence-corrected chi connectivity index (χ4v) is 7.76. The van der Waals surface area contributed by atoms with Crippen LogP contribution in [-0.4, -0.2) is 23.2 Å². The van der Waals surface area contributed by atoms with Crippen LogP contribution in [0.25, 0.3) is 49.9 Å². The first-order valence-electron chi connectivity index (χ1n) is 17.5. The van der Waals surface area contributed by atoms with E-state index in [2.05, 4.69) is 125 Å². The van der Waals surface area contributed by atoms with Crippen molar-refractivity contribution < 1.29 is 4.11 Å². The second kappa shape index (κ2) is 11.8. The van der Waals surface area contributed by atoms with Crippen LogP contribution in [0.15, 0.2) is 174 Å². The van der Waals surface area contributed by atoms with Gasteiger partial charge in [0, 0.05) is 43.5 Å². The molecule has 230 valence electrons. The fraction of sp³-hybridized carbons (Fsp3) is 0.0465. The number of rotatable bonds is 6. The summed E-state index contributed by atoms with van der Waals surface area (Å²) in [6.07, 6.45) is 1.90. The van der Waals surface area contributed by atoms with E-state index in [1.165, 1.54) is 26.8 Å². The van der Waals surface area contributed by atoms with Crippen molar-refractivity contribution >= 4 is 50.6 Å². The molecular weight excluding hydrogens is 605 g/mol. The summed E-state index contributed by atoms with van der Waals surface area (Å²) in [5.74, 6) is 0.859. The highest BCUT2D eigenvalue weighted by molar-refractivity contribution is 7.99. The van der Waals surface area contributed by atoms with Gasteiger partial charge in [-0.2, -0.15) is 0 Å². The van der Waals surface area contributed by atoms with E-state index >= 15 is 0 Å². The Balaban J connectivity index is 1.10. The van der Waals surface area contributed by atoms with E-state index < -0.39 is 6.98 Å². The molecule has 0 spiro atoms. The van der Waals surface area contributed by atoms with Gasteiger partial charge in [-0.1, -0.05) is 109 Å². The molecule has 0 fully saturated rings. The molecule has 2 aromatic heterocycles. The predicted octanol–water partition coefficient (Wildman–Crippen LogP) is 11.2. The number of aromatic nitrogens is 2. The molecule has 1 aliphatic heterocycles. The summed E-state index contributed by atoms with van der Waals surface area (Å²) in [6, 6.07) is 54.5. The molecule has 4 nitrogen and oxygen atoms in total. The number of hydrogen-bond acceptors (Lipinski definition) is 4. The van der Waals surface area contributed by atoms with Crippen LogP contribution in [0.5, 0.6) is 0 Å². The molecule has 9 rings (SSSR count). The Morgan fingerprint density at radius 3 is 2.19 bits per heavy atom. The summed E-state index contributed by atoms with van der Waals surface area (Å²) in [7, 11) is 0. The Morgan fingerprint density at radius 2 is 1.31 bits per heavy atom. The molecule has 48 heavy (non-hydrogen) atoms. The van der Waals surface area contributed by atoms with Crippen molar-refractivity contribution in [3.8, 4) is 28.1 Å². The first kappa shape index (κ1) is 25.3. The third kappa shape index (κ3) is 4.91. The lowest BCUT2D eigenvalue weighted by Crippen LogP contribution is -2.23. The molecular formula is C43H32N4S. The van der Waals surface area contributed by atoms with Gasteiger partial charge in [0.25, 0.3) is 0 Å². The second-order valence-corrected chi connectivity index (χ2v) is 13.1. The molecule has 6 aromatic carbocycles. The van der Waals surface area contributed by atoms with Crippen molar-refractivity contribution in [2.75, 3.05) is 23.4 Å². The maximum absolute atomic E-state index is 8.11. The largest absolute Gasteiger partial charge is 0.355 e. The predicted molar refractivity (Wildman–Crippen MR) is 202 cm³/mol. The molecule has 0 radical (unpaired) electrons. The average molecular weight is 640 g/mol. The number of hydrogen-bond donors (Lipinski definition) is 0. The van der Waals surface area contributed by atoms with Gasteiger partial charge in [0.05, 0.1) is 29.1 Å². The zero-order valence-electron chi connectivity index (χ0n) is 29.0. The van der Waals surface area contributed by atoms with Gasteiger partial charge in [0.15, 0.2) is 0 Å². The zero-order chi connectivity index (χ0) is 34.5. The molecule has 0 aliphatic carbocycles. The lowest BCUT2D eigenvalue weighted by Gasteiger charge is -2.20. The van der Waals surface area contributed by atoms with Crippen LogP contribution in [0.4, 0.5) is 17.1 Å². The average Bonchev–Trinajstić information content (AvgIpc) is 3.72. The first-order valence-corrected chi connectivity index (χ1v) is 16.8. The third-order valence-electron chi connectivity index (χ3n) is 9.05. The Hall–Kier alpha value is -5.78. The van der Waals surface area contributed by atoms with Gasteiger partial charge in [-0.05, 0) is 82.9 Å². The van der Waals surface area contributed by atoms with Crippen molar-refractivity contribution in [2.24, 2.45) is 0 Å². The highest BCUT2D eigenvalue weighted by atomic mass is 32.2. The van der Waals surface area contributed by atoms with Crippen molar-refractivity contribution in [1.82, 2.24) is 9.55 Å². The quantitative estimate of drug-likeness (QED) is 0.181. The van der Waals surface area contributed by atoms with Crippen LogP contribution in [0.2, 0.25) is 0 Å². The van der Waals surface area contributed by atoms with Crippen molar-refractivity contribution in [1.29, 1.82) is 0 Å². The molecule has 0 saturated carbocycles. The molecule has 0 unspecified atom stereocenters. The van der Waals surface area contributed by atoms with E-state index in [1.54, 1.807) is 11.8 Å². The fourth-order valence-electron chi connectivity index (χ4n) is 6.86. The molecule has 0 N–H and O–H groups in total. The first-order chi connectivity index (χ1) is 24.9. The second-order valence-electron chi connectivity index (χ2n) is 11.9. The van der Waals surface area contributed by atoms with Gasteiger partial charge in [0.2, 0.25) is 0 Å². The van der Waals surface area contributed by atoms with E-state index in [0.717, 1.165) is 54.8 Å². The van der Waals surface area contributed by atoms with Crippen LogP contribution in [0.1, 0.15) is 4.11 Å². The van der Waals surface area contributed by atoms with Gasteiger partial charge in [-0.15, -0.1) is 0 Å². The smallest absolute Gasteiger partial charge is 0.138 e. The van der Waals surface area contributed by atoms with E-state index in [1.807, 2.05) is 48.7 Å². The maximum atomic E-state index is 8.11. The number of anilines is 3. The van der Waals surface area contributed by atoms with Gasteiger partial charge in [0.1, 0.15) is 5.82 Å². The highest BCUT2D eigenvalue weighted by Crippen LogP contribution is 2.42. The van der Waals surface area contributed by atoms with Crippen LogP contribution in [0, 0.1) is 0 Å². The summed E-state index contributed by atoms with van der Waals surface area (Å²) >= 11 is 1.69. The standard InChI is InChI=1S/C43H32N4S/c1-45-29-46(41-21-10-9-20-40(41)45)32-14-11-15-33(27-32)48-34-22-23-38-37-18-7-8-19-39(37)47(42(38)28-34)43-26-31(24-25-44-43)36-17-6-5-16-35(36)30-12-3-2-4-13-30/h2-28H,29H2,1H3/i1D3. The van der Waals surface area contributed by atoms with Gasteiger partial charge >= 0.3 is 0 Å². The molecule has 0 saturated heterocycles. The molecule has 0 amide bonds. The zero-order valence-corrected chi connectivity index (χ0v) is 26.8. The summed E-state index contributed by atoms with van der Waals surface area (Å²) in [6.45, 7) is -1.97. The van der Waals surface area contributed by atoms with Crippen molar-refractivity contribution in [3.05, 3.63) is 164 Å². The summed E-state index contributed by atoms with van der Waals surface area (Å²) in [4.78, 5) is 10.6. The molecule has 0 atom stereocenters. The molecule has 8 aromatic rings. The van der Waals surface area contributed by atoms with E-state index in [-0.39, 0.29) is 6.67 Å². The minimum absolute atomic E-state index is 0.262. The van der Waals surface area contributed by atoms with Crippen LogP contribution < -0.4 is 9.80 Å². The van der Waals surface area contributed by atoms with Crippen LogP contribution >= 0.6 is 11.8 Å². The molecule has 5 heteroatoms. The summed E-state index contributed by atoms with van der Waals surface area (Å²) in [5.41, 5.74) is 9.37. The summed E-state index contributed by atoms with van der Waals surface area (Å²) in [5, 5.41) is 2.34. The number of pyridine rings is 1. The van der Waals surface area contributed by atoms with Gasteiger partial charge < -0.3 is 9.80 Å². The normalized spacial score (nSPS) is 13.8. The Kier molecular flexibility index (Phi) is 6.22.